The summed E-state index contributed by atoms with van der Waals surface area (Å²) in [6.07, 6.45) is -0.574. The smallest absolute Gasteiger partial charge is 0.411 e. The number of carbonyl (C=O) groups excluding carboxylic acids is 1. The molecule has 8 heteroatoms. The molecule has 0 unspecified atom stereocenters. The van der Waals surface area contributed by atoms with E-state index in [0.29, 0.717) is 39.1 Å². The fourth-order valence-electron chi connectivity index (χ4n) is 3.63. The molecule has 1 amide bonds. The van der Waals surface area contributed by atoms with Crippen LogP contribution >= 0.6 is 0 Å². The summed E-state index contributed by atoms with van der Waals surface area (Å²) >= 11 is 0. The zero-order chi connectivity index (χ0) is 24.1. The Morgan fingerprint density at radius 2 is 1.82 bits per heavy atom. The first-order chi connectivity index (χ1) is 16.5. The molecule has 4 N–H and O–H groups in total. The predicted molar refractivity (Wildman–Crippen MR) is 132 cm³/mol. The van der Waals surface area contributed by atoms with Gasteiger partial charge in [-0.3, -0.25) is 5.32 Å². The van der Waals surface area contributed by atoms with Gasteiger partial charge in [0, 0.05) is 23.2 Å². The third-order valence-corrected chi connectivity index (χ3v) is 5.32. The molecule has 0 saturated carbocycles. The quantitative estimate of drug-likeness (QED) is 0.275. The highest BCUT2D eigenvalue weighted by molar-refractivity contribution is 6.22. The van der Waals surface area contributed by atoms with Crippen LogP contribution in [-0.2, 0) is 11.3 Å². The molecule has 3 aromatic carbocycles. The fourth-order valence-corrected chi connectivity index (χ4v) is 3.63. The zero-order valence-corrected chi connectivity index (χ0v) is 18.9. The van der Waals surface area contributed by atoms with Crippen LogP contribution in [0.15, 0.2) is 71.7 Å². The van der Waals surface area contributed by atoms with Crippen molar-refractivity contribution in [2.75, 3.05) is 19.0 Å². The van der Waals surface area contributed by atoms with Gasteiger partial charge in [0.25, 0.3) is 0 Å². The second kappa shape index (κ2) is 10.2. The van der Waals surface area contributed by atoms with Crippen LogP contribution in [0.1, 0.15) is 23.6 Å². The van der Waals surface area contributed by atoms with Gasteiger partial charge in [-0.15, -0.1) is 0 Å². The van der Waals surface area contributed by atoms with Crippen molar-refractivity contribution >= 4 is 34.1 Å². The monoisotopic (exact) mass is 460 g/mol. The Balaban J connectivity index is 1.80. The average molecular weight is 461 g/mol. The highest BCUT2D eigenvalue weighted by atomic mass is 19.1. The number of aromatic hydroxyl groups is 1. The molecule has 1 heterocycles. The van der Waals surface area contributed by atoms with E-state index in [-0.39, 0.29) is 5.88 Å². The number of benzene rings is 3. The van der Waals surface area contributed by atoms with Crippen molar-refractivity contribution in [3.8, 4) is 5.88 Å². The minimum absolute atomic E-state index is 0.111. The highest BCUT2D eigenvalue weighted by Crippen LogP contribution is 2.32. The van der Waals surface area contributed by atoms with Gasteiger partial charge in [0.15, 0.2) is 5.88 Å². The number of nitrogens with zero attached hydrogens (tertiary/aromatic N) is 1. The Kier molecular flexibility index (Phi) is 6.89. The summed E-state index contributed by atoms with van der Waals surface area (Å²) in [4.78, 5) is 19.2. The zero-order valence-electron chi connectivity index (χ0n) is 18.9. The maximum Gasteiger partial charge on any atom is 0.411 e. The van der Waals surface area contributed by atoms with Gasteiger partial charge < -0.3 is 20.1 Å². The molecular formula is C26H25FN4O3. The topological polar surface area (TPSA) is 98.7 Å². The number of carbonyl (C=O) groups is 1. The third kappa shape index (κ3) is 5.07. The van der Waals surface area contributed by atoms with Gasteiger partial charge in [0.1, 0.15) is 5.82 Å². The number of nitrogens with one attached hydrogen (secondary N) is 3. The van der Waals surface area contributed by atoms with Crippen molar-refractivity contribution in [2.24, 2.45) is 4.99 Å². The number of aromatic nitrogens is 1. The van der Waals surface area contributed by atoms with Gasteiger partial charge >= 0.3 is 6.09 Å². The second-order valence-corrected chi connectivity index (χ2v) is 7.64. The fraction of sp³-hybridized carbons (Fsp3) is 0.154. The molecule has 0 aliphatic rings. The lowest BCUT2D eigenvalue weighted by Crippen LogP contribution is -2.11. The normalized spacial score (nSPS) is 11.6. The number of anilines is 1. The van der Waals surface area contributed by atoms with Crippen LogP contribution in [0.5, 0.6) is 5.88 Å². The van der Waals surface area contributed by atoms with Crippen molar-refractivity contribution < 1.29 is 19.0 Å². The number of aromatic amines is 1. The summed E-state index contributed by atoms with van der Waals surface area (Å²) in [5.74, 6) is -0.520. The van der Waals surface area contributed by atoms with Crippen molar-refractivity contribution in [1.29, 1.82) is 0 Å². The van der Waals surface area contributed by atoms with Crippen molar-refractivity contribution in [1.82, 2.24) is 10.3 Å². The molecule has 0 fully saturated rings. The van der Waals surface area contributed by atoms with E-state index >= 15 is 0 Å². The Labute approximate surface area is 196 Å². The summed E-state index contributed by atoms with van der Waals surface area (Å²) in [6, 6.07) is 19.1. The first kappa shape index (κ1) is 23.0. The molecule has 7 nitrogen and oxygen atoms in total. The molecule has 0 spiro atoms. The number of hydrogen-bond acceptors (Lipinski definition) is 5. The SMILES string of the molecule is CCNCc1ccc(N=C(c2ccc(NC(=O)OC)cc2)c2c(O)[nH]c3cc(F)ccc23)cc1. The summed E-state index contributed by atoms with van der Waals surface area (Å²) in [7, 11) is 1.29. The van der Waals surface area contributed by atoms with Crippen LogP contribution in [0.25, 0.3) is 10.9 Å². The van der Waals surface area contributed by atoms with E-state index in [1.54, 1.807) is 30.3 Å². The number of hydrogen-bond donors (Lipinski definition) is 4. The standard InChI is InChI=1S/C26H25FN4O3/c1-3-28-15-16-4-9-19(10-5-16)29-24(17-6-11-20(12-7-17)30-26(33)34-2)23-21-13-8-18(27)14-22(21)31-25(23)32/h4-14,28,31-32H,3,15H2,1-2H3,(H,30,33). The number of halogens is 1. The molecule has 0 bridgehead atoms. The van der Waals surface area contributed by atoms with Crippen molar-refractivity contribution in [3.63, 3.8) is 0 Å². The van der Waals surface area contributed by atoms with Crippen LogP contribution in [0.4, 0.5) is 20.6 Å². The van der Waals surface area contributed by atoms with E-state index in [2.05, 4.69) is 27.3 Å². The van der Waals surface area contributed by atoms with Crippen molar-refractivity contribution in [2.45, 2.75) is 13.5 Å². The minimum atomic E-state index is -0.574. The number of aliphatic imine (C=N–C) groups is 1. The molecule has 0 saturated heterocycles. The Bertz CT molecular complexity index is 1330. The van der Waals surface area contributed by atoms with E-state index in [1.165, 1.54) is 19.2 Å². The lowest BCUT2D eigenvalue weighted by Gasteiger charge is -2.10. The number of methoxy groups -OCH3 is 1. The van der Waals surface area contributed by atoms with Gasteiger partial charge in [-0.05, 0) is 54.6 Å². The number of fused-ring (bicyclic) bond motifs is 1. The lowest BCUT2D eigenvalue weighted by atomic mass is 10.0. The third-order valence-electron chi connectivity index (χ3n) is 5.32. The van der Waals surface area contributed by atoms with Gasteiger partial charge in [0.05, 0.1) is 29.6 Å². The molecule has 1 aromatic heterocycles. The van der Waals surface area contributed by atoms with Crippen LogP contribution in [0.3, 0.4) is 0 Å². The molecule has 4 rings (SSSR count). The summed E-state index contributed by atoms with van der Waals surface area (Å²) in [5.41, 5.74) is 4.50. The minimum Gasteiger partial charge on any atom is -0.494 e. The van der Waals surface area contributed by atoms with Crippen LogP contribution in [0, 0.1) is 5.82 Å². The Morgan fingerprint density at radius 1 is 1.09 bits per heavy atom. The number of H-pyrrole nitrogens is 1. The molecule has 174 valence electrons. The van der Waals surface area contributed by atoms with Crippen LogP contribution in [0.2, 0.25) is 0 Å². The first-order valence-corrected chi connectivity index (χ1v) is 10.8. The maximum absolute atomic E-state index is 13.8. The van der Waals surface area contributed by atoms with Crippen LogP contribution in [-0.4, -0.2) is 35.5 Å². The van der Waals surface area contributed by atoms with Gasteiger partial charge in [-0.2, -0.15) is 0 Å². The highest BCUT2D eigenvalue weighted by Gasteiger charge is 2.19. The molecule has 34 heavy (non-hydrogen) atoms. The van der Waals surface area contributed by atoms with Crippen LogP contribution < -0.4 is 10.6 Å². The lowest BCUT2D eigenvalue weighted by molar-refractivity contribution is 0.187. The van der Waals surface area contributed by atoms with Gasteiger partial charge in [-0.25, -0.2) is 14.2 Å². The predicted octanol–water partition coefficient (Wildman–Crippen LogP) is 5.47. The van der Waals surface area contributed by atoms with Gasteiger partial charge in [0.2, 0.25) is 0 Å². The van der Waals surface area contributed by atoms with Gasteiger partial charge in [-0.1, -0.05) is 31.2 Å². The molecule has 0 radical (unpaired) electrons. The summed E-state index contributed by atoms with van der Waals surface area (Å²) in [5, 5.41) is 17.3. The molecule has 0 atom stereocenters. The van der Waals surface area contributed by atoms with E-state index in [0.717, 1.165) is 18.7 Å². The summed E-state index contributed by atoms with van der Waals surface area (Å²) < 4.78 is 18.4. The largest absolute Gasteiger partial charge is 0.494 e. The van der Waals surface area contributed by atoms with Crippen molar-refractivity contribution in [3.05, 3.63) is 89.2 Å². The van der Waals surface area contributed by atoms with E-state index in [4.69, 9.17) is 4.99 Å². The average Bonchev–Trinajstić information content (AvgIpc) is 3.17. The van der Waals surface area contributed by atoms with E-state index in [1.807, 2.05) is 24.3 Å². The molecule has 4 aromatic rings. The Hall–Kier alpha value is -4.17. The Morgan fingerprint density at radius 3 is 2.50 bits per heavy atom. The molecule has 0 aliphatic carbocycles. The maximum atomic E-state index is 13.8. The van der Waals surface area contributed by atoms with E-state index in [9.17, 15) is 14.3 Å². The molecular weight excluding hydrogens is 435 g/mol. The second-order valence-electron chi connectivity index (χ2n) is 7.64. The first-order valence-electron chi connectivity index (χ1n) is 10.8. The summed E-state index contributed by atoms with van der Waals surface area (Å²) in [6.45, 7) is 3.69. The molecule has 0 aliphatic heterocycles. The van der Waals surface area contributed by atoms with E-state index < -0.39 is 11.9 Å². The number of rotatable bonds is 7. The number of amides is 1. The number of ether oxygens (including phenoxy) is 1.